The minimum absolute atomic E-state index is 0.695. The van der Waals surface area contributed by atoms with E-state index >= 15 is 0 Å². The van der Waals surface area contributed by atoms with Crippen molar-refractivity contribution in [1.29, 1.82) is 0 Å². The summed E-state index contributed by atoms with van der Waals surface area (Å²) >= 11 is 0. The SMILES string of the molecule is CC(C)N1CCC(NC2CC2c2ccccc2)C1. The minimum Gasteiger partial charge on any atom is -0.309 e. The van der Waals surface area contributed by atoms with Gasteiger partial charge in [-0.25, -0.2) is 0 Å². The molecule has 1 aliphatic heterocycles. The Morgan fingerprint density at radius 2 is 2.00 bits per heavy atom. The van der Waals surface area contributed by atoms with E-state index in [1.54, 1.807) is 0 Å². The summed E-state index contributed by atoms with van der Waals surface area (Å²) in [6, 6.07) is 13.1. The molecule has 0 radical (unpaired) electrons. The van der Waals surface area contributed by atoms with Gasteiger partial charge in [-0.3, -0.25) is 4.90 Å². The topological polar surface area (TPSA) is 15.3 Å². The van der Waals surface area contributed by atoms with Crippen molar-refractivity contribution in [3.8, 4) is 0 Å². The summed E-state index contributed by atoms with van der Waals surface area (Å²) in [6.45, 7) is 7.09. The fourth-order valence-electron chi connectivity index (χ4n) is 3.14. The minimum atomic E-state index is 0.695. The van der Waals surface area contributed by atoms with Crippen LogP contribution in [0.4, 0.5) is 0 Å². The lowest BCUT2D eigenvalue weighted by Crippen LogP contribution is -2.36. The van der Waals surface area contributed by atoms with Crippen molar-refractivity contribution in [2.75, 3.05) is 13.1 Å². The summed E-state index contributed by atoms with van der Waals surface area (Å²) in [5.41, 5.74) is 1.51. The molecule has 2 fully saturated rings. The van der Waals surface area contributed by atoms with Gasteiger partial charge in [0.2, 0.25) is 0 Å². The molecular weight excluding hydrogens is 220 g/mol. The highest BCUT2D eigenvalue weighted by Gasteiger charge is 2.40. The van der Waals surface area contributed by atoms with Crippen LogP contribution in [0.1, 0.15) is 38.2 Å². The summed E-state index contributed by atoms with van der Waals surface area (Å²) in [7, 11) is 0. The number of hydrogen-bond donors (Lipinski definition) is 1. The number of rotatable bonds is 4. The Bertz CT molecular complexity index is 387. The maximum Gasteiger partial charge on any atom is 0.0210 e. The molecule has 1 aromatic carbocycles. The molecule has 0 bridgehead atoms. The van der Waals surface area contributed by atoms with Crippen molar-refractivity contribution in [3.05, 3.63) is 35.9 Å². The van der Waals surface area contributed by atoms with Gasteiger partial charge >= 0.3 is 0 Å². The lowest BCUT2D eigenvalue weighted by Gasteiger charge is -2.20. The quantitative estimate of drug-likeness (QED) is 0.876. The van der Waals surface area contributed by atoms with Crippen molar-refractivity contribution >= 4 is 0 Å². The van der Waals surface area contributed by atoms with Gasteiger partial charge in [0.15, 0.2) is 0 Å². The van der Waals surface area contributed by atoms with Gasteiger partial charge in [0.1, 0.15) is 0 Å². The molecule has 0 spiro atoms. The van der Waals surface area contributed by atoms with Crippen molar-refractivity contribution in [3.63, 3.8) is 0 Å². The largest absolute Gasteiger partial charge is 0.309 e. The molecule has 1 N–H and O–H groups in total. The van der Waals surface area contributed by atoms with E-state index < -0.39 is 0 Å². The standard InChI is InChI=1S/C16H24N2/c1-12(2)18-9-8-14(11-18)17-16-10-15(16)13-6-4-3-5-7-13/h3-7,12,14-17H,8-11H2,1-2H3. The van der Waals surface area contributed by atoms with Crippen molar-refractivity contribution in [1.82, 2.24) is 10.2 Å². The Hall–Kier alpha value is -0.860. The van der Waals surface area contributed by atoms with Gasteiger partial charge in [-0.05, 0) is 38.8 Å². The van der Waals surface area contributed by atoms with Crippen LogP contribution in [0.15, 0.2) is 30.3 Å². The number of nitrogens with zero attached hydrogens (tertiary/aromatic N) is 1. The molecule has 98 valence electrons. The normalized spacial score (nSPS) is 32.1. The first-order chi connectivity index (χ1) is 8.74. The van der Waals surface area contributed by atoms with E-state index in [0.717, 1.165) is 12.0 Å². The first-order valence-electron chi connectivity index (χ1n) is 7.29. The zero-order chi connectivity index (χ0) is 12.5. The van der Waals surface area contributed by atoms with E-state index in [9.17, 15) is 0 Å². The molecule has 2 nitrogen and oxygen atoms in total. The molecule has 2 heteroatoms. The summed E-state index contributed by atoms with van der Waals surface area (Å²) in [5.74, 6) is 0.763. The lowest BCUT2D eigenvalue weighted by atomic mass is 10.1. The highest BCUT2D eigenvalue weighted by atomic mass is 15.2. The second-order valence-electron chi connectivity index (χ2n) is 6.10. The maximum absolute atomic E-state index is 3.84. The number of likely N-dealkylation sites (tertiary alicyclic amines) is 1. The van der Waals surface area contributed by atoms with E-state index in [0.29, 0.717) is 12.1 Å². The van der Waals surface area contributed by atoms with Crippen molar-refractivity contribution in [2.45, 2.75) is 50.7 Å². The lowest BCUT2D eigenvalue weighted by molar-refractivity contribution is 0.268. The fraction of sp³-hybridized carbons (Fsp3) is 0.625. The summed E-state index contributed by atoms with van der Waals surface area (Å²) < 4.78 is 0. The van der Waals surface area contributed by atoms with Crippen LogP contribution in [0.25, 0.3) is 0 Å². The van der Waals surface area contributed by atoms with Crippen LogP contribution in [-0.4, -0.2) is 36.1 Å². The zero-order valence-corrected chi connectivity index (χ0v) is 11.5. The zero-order valence-electron chi connectivity index (χ0n) is 11.5. The third-order valence-electron chi connectivity index (χ3n) is 4.42. The van der Waals surface area contributed by atoms with Gasteiger partial charge in [0.25, 0.3) is 0 Å². The number of nitrogens with one attached hydrogen (secondary N) is 1. The third kappa shape index (κ3) is 2.60. The van der Waals surface area contributed by atoms with Crippen LogP contribution in [0, 0.1) is 0 Å². The Labute approximate surface area is 110 Å². The molecule has 3 atom stereocenters. The summed E-state index contributed by atoms with van der Waals surface area (Å²) in [6.07, 6.45) is 2.64. The van der Waals surface area contributed by atoms with Crippen LogP contribution in [0.5, 0.6) is 0 Å². The van der Waals surface area contributed by atoms with Gasteiger partial charge in [-0.15, -0.1) is 0 Å². The molecule has 0 amide bonds. The van der Waals surface area contributed by atoms with E-state index in [1.165, 1.54) is 31.5 Å². The van der Waals surface area contributed by atoms with Gasteiger partial charge in [0, 0.05) is 30.6 Å². The smallest absolute Gasteiger partial charge is 0.0210 e. The Balaban J connectivity index is 1.49. The molecule has 1 saturated carbocycles. The average Bonchev–Trinajstić information content (AvgIpc) is 2.97. The second kappa shape index (κ2) is 5.02. The Morgan fingerprint density at radius 3 is 2.67 bits per heavy atom. The Morgan fingerprint density at radius 1 is 1.22 bits per heavy atom. The monoisotopic (exact) mass is 244 g/mol. The molecule has 18 heavy (non-hydrogen) atoms. The van der Waals surface area contributed by atoms with Gasteiger partial charge in [-0.2, -0.15) is 0 Å². The first kappa shape index (κ1) is 12.2. The predicted octanol–water partition coefficient (Wildman–Crippen LogP) is 2.61. The van der Waals surface area contributed by atoms with Crippen LogP contribution in [0.3, 0.4) is 0 Å². The maximum atomic E-state index is 3.84. The van der Waals surface area contributed by atoms with Crippen LogP contribution in [0.2, 0.25) is 0 Å². The Kier molecular flexibility index (Phi) is 3.40. The summed E-state index contributed by atoms with van der Waals surface area (Å²) in [4.78, 5) is 2.58. The first-order valence-corrected chi connectivity index (χ1v) is 7.29. The molecule has 3 unspecified atom stereocenters. The molecule has 3 rings (SSSR count). The van der Waals surface area contributed by atoms with Crippen LogP contribution >= 0.6 is 0 Å². The van der Waals surface area contributed by atoms with Gasteiger partial charge in [0.05, 0.1) is 0 Å². The third-order valence-corrected chi connectivity index (χ3v) is 4.42. The van der Waals surface area contributed by atoms with Crippen molar-refractivity contribution < 1.29 is 0 Å². The highest BCUT2D eigenvalue weighted by molar-refractivity contribution is 5.27. The van der Waals surface area contributed by atoms with Crippen molar-refractivity contribution in [2.24, 2.45) is 0 Å². The van der Waals surface area contributed by atoms with Gasteiger partial charge < -0.3 is 5.32 Å². The van der Waals surface area contributed by atoms with E-state index in [1.807, 2.05) is 0 Å². The highest BCUT2D eigenvalue weighted by Crippen LogP contribution is 2.41. The number of hydrogen-bond acceptors (Lipinski definition) is 2. The van der Waals surface area contributed by atoms with Crippen LogP contribution in [-0.2, 0) is 0 Å². The second-order valence-corrected chi connectivity index (χ2v) is 6.10. The molecule has 1 saturated heterocycles. The van der Waals surface area contributed by atoms with Gasteiger partial charge in [-0.1, -0.05) is 30.3 Å². The molecule has 2 aliphatic rings. The van der Waals surface area contributed by atoms with E-state index in [4.69, 9.17) is 0 Å². The average molecular weight is 244 g/mol. The molecular formula is C16H24N2. The molecule has 1 aliphatic carbocycles. The van der Waals surface area contributed by atoms with E-state index in [2.05, 4.69) is 54.4 Å². The van der Waals surface area contributed by atoms with E-state index in [-0.39, 0.29) is 0 Å². The molecule has 1 aromatic rings. The number of benzene rings is 1. The predicted molar refractivity (Wildman–Crippen MR) is 75.8 cm³/mol. The fourth-order valence-corrected chi connectivity index (χ4v) is 3.14. The molecule has 0 aromatic heterocycles. The van der Waals surface area contributed by atoms with Crippen LogP contribution < -0.4 is 5.32 Å². The summed E-state index contributed by atoms with van der Waals surface area (Å²) in [5, 5.41) is 3.84. The molecule has 1 heterocycles.